The van der Waals surface area contributed by atoms with E-state index in [0.29, 0.717) is 24.8 Å². The molecule has 1 saturated carbocycles. The third kappa shape index (κ3) is 3.49. The fourth-order valence-electron chi connectivity index (χ4n) is 3.45. The first-order valence-corrected chi connectivity index (χ1v) is 8.44. The molecular formula is C18H24N2O3. The Morgan fingerprint density at radius 2 is 2.00 bits per heavy atom. The van der Waals surface area contributed by atoms with Crippen molar-refractivity contribution in [2.75, 3.05) is 25.1 Å². The normalized spacial score (nSPS) is 18.3. The maximum atomic E-state index is 12.5. The molecule has 3 rings (SSSR count). The van der Waals surface area contributed by atoms with Gasteiger partial charge in [-0.15, -0.1) is 0 Å². The second-order valence-corrected chi connectivity index (χ2v) is 6.35. The molecule has 1 aromatic carbocycles. The lowest BCUT2D eigenvalue weighted by atomic mass is 9.94. The van der Waals surface area contributed by atoms with Gasteiger partial charge < -0.3 is 14.5 Å². The molecule has 5 heteroatoms. The minimum atomic E-state index is -0.0863. The highest BCUT2D eigenvalue weighted by Gasteiger charge is 2.27. The Morgan fingerprint density at radius 1 is 1.26 bits per heavy atom. The zero-order chi connectivity index (χ0) is 16.2. The number of carbonyl (C=O) groups excluding carboxylic acids is 2. The van der Waals surface area contributed by atoms with Gasteiger partial charge in [-0.05, 0) is 25.0 Å². The first kappa shape index (κ1) is 15.8. The van der Waals surface area contributed by atoms with E-state index in [1.54, 1.807) is 4.90 Å². The number of benzene rings is 1. The monoisotopic (exact) mass is 316 g/mol. The van der Waals surface area contributed by atoms with Crippen LogP contribution in [-0.4, -0.2) is 43.0 Å². The van der Waals surface area contributed by atoms with E-state index < -0.39 is 0 Å². The van der Waals surface area contributed by atoms with Gasteiger partial charge in [0, 0.05) is 26.1 Å². The molecule has 2 aliphatic rings. The molecule has 23 heavy (non-hydrogen) atoms. The van der Waals surface area contributed by atoms with E-state index in [-0.39, 0.29) is 18.4 Å². The maximum Gasteiger partial charge on any atom is 0.265 e. The van der Waals surface area contributed by atoms with Gasteiger partial charge in [0.1, 0.15) is 5.75 Å². The number of fused-ring (bicyclic) bond motifs is 1. The molecule has 1 heterocycles. The Morgan fingerprint density at radius 3 is 2.78 bits per heavy atom. The molecule has 0 saturated heterocycles. The van der Waals surface area contributed by atoms with E-state index in [0.717, 1.165) is 18.5 Å². The van der Waals surface area contributed by atoms with Gasteiger partial charge in [0.25, 0.3) is 5.91 Å². The lowest BCUT2D eigenvalue weighted by molar-refractivity contribution is -0.132. The summed E-state index contributed by atoms with van der Waals surface area (Å²) in [7, 11) is 1.90. The molecule has 1 aromatic rings. The summed E-state index contributed by atoms with van der Waals surface area (Å²) in [6, 6.07) is 7.84. The van der Waals surface area contributed by atoms with Gasteiger partial charge in [-0.3, -0.25) is 9.59 Å². The summed E-state index contributed by atoms with van der Waals surface area (Å²) in [6.45, 7) is 0.457. The van der Waals surface area contributed by atoms with Crippen LogP contribution in [0.5, 0.6) is 5.75 Å². The number of ether oxygens (including phenoxy) is 1. The number of rotatable bonds is 4. The molecule has 1 fully saturated rings. The van der Waals surface area contributed by atoms with Crippen LogP contribution in [0, 0.1) is 0 Å². The van der Waals surface area contributed by atoms with Crippen molar-refractivity contribution in [3.05, 3.63) is 24.3 Å². The van der Waals surface area contributed by atoms with Crippen LogP contribution in [0.1, 0.15) is 38.5 Å². The molecular weight excluding hydrogens is 292 g/mol. The van der Waals surface area contributed by atoms with Crippen molar-refractivity contribution in [1.82, 2.24) is 4.90 Å². The van der Waals surface area contributed by atoms with E-state index >= 15 is 0 Å². The van der Waals surface area contributed by atoms with E-state index in [9.17, 15) is 9.59 Å². The van der Waals surface area contributed by atoms with E-state index in [2.05, 4.69) is 0 Å². The van der Waals surface area contributed by atoms with Crippen molar-refractivity contribution < 1.29 is 14.3 Å². The molecule has 1 aliphatic carbocycles. The topological polar surface area (TPSA) is 49.9 Å². The number of carbonyl (C=O) groups is 2. The highest BCUT2D eigenvalue weighted by molar-refractivity contribution is 5.98. The molecule has 5 nitrogen and oxygen atoms in total. The smallest absolute Gasteiger partial charge is 0.265 e. The maximum absolute atomic E-state index is 12.5. The van der Waals surface area contributed by atoms with Crippen LogP contribution < -0.4 is 9.64 Å². The zero-order valence-electron chi connectivity index (χ0n) is 13.7. The molecule has 1 aliphatic heterocycles. The van der Waals surface area contributed by atoms with Crippen molar-refractivity contribution >= 4 is 17.5 Å². The number of anilines is 1. The zero-order valence-corrected chi connectivity index (χ0v) is 13.7. The first-order chi connectivity index (χ1) is 11.2. The number of nitrogens with zero attached hydrogens (tertiary/aromatic N) is 2. The van der Waals surface area contributed by atoms with Crippen molar-refractivity contribution in [2.45, 2.75) is 44.6 Å². The van der Waals surface area contributed by atoms with Gasteiger partial charge in [-0.1, -0.05) is 31.4 Å². The fourth-order valence-corrected chi connectivity index (χ4v) is 3.45. The predicted octanol–water partition coefficient (Wildman–Crippen LogP) is 2.59. The van der Waals surface area contributed by atoms with Gasteiger partial charge in [0.2, 0.25) is 5.91 Å². The van der Waals surface area contributed by atoms with Crippen molar-refractivity contribution in [1.29, 1.82) is 0 Å². The molecule has 0 unspecified atom stereocenters. The van der Waals surface area contributed by atoms with Gasteiger partial charge in [-0.25, -0.2) is 0 Å². The molecule has 0 radical (unpaired) electrons. The number of hydrogen-bond acceptors (Lipinski definition) is 3. The number of hydrogen-bond donors (Lipinski definition) is 0. The van der Waals surface area contributed by atoms with Crippen molar-refractivity contribution in [3.8, 4) is 5.75 Å². The van der Waals surface area contributed by atoms with Gasteiger partial charge in [0.05, 0.1) is 5.69 Å². The fraction of sp³-hybridized carbons (Fsp3) is 0.556. The van der Waals surface area contributed by atoms with Crippen LogP contribution in [0.3, 0.4) is 0 Å². The second kappa shape index (κ2) is 7.02. The van der Waals surface area contributed by atoms with E-state index in [1.165, 1.54) is 19.3 Å². The molecule has 0 bridgehead atoms. The average molecular weight is 316 g/mol. The molecule has 2 amide bonds. The van der Waals surface area contributed by atoms with Crippen LogP contribution in [0.2, 0.25) is 0 Å². The lowest BCUT2D eigenvalue weighted by Crippen LogP contribution is -2.43. The lowest BCUT2D eigenvalue weighted by Gasteiger charge is -2.33. The van der Waals surface area contributed by atoms with Crippen molar-refractivity contribution in [3.63, 3.8) is 0 Å². The Kier molecular flexibility index (Phi) is 4.84. The Hall–Kier alpha value is -2.04. The summed E-state index contributed by atoms with van der Waals surface area (Å²) in [5, 5.41) is 0. The number of para-hydroxylation sites is 2. The van der Waals surface area contributed by atoms with E-state index in [1.807, 2.05) is 36.2 Å². The Labute approximate surface area is 137 Å². The summed E-state index contributed by atoms with van der Waals surface area (Å²) in [6.07, 6.45) is 6.24. The third-order valence-corrected chi connectivity index (χ3v) is 4.87. The minimum absolute atomic E-state index is 0.0453. The molecule has 124 valence electrons. The average Bonchev–Trinajstić information content (AvgIpc) is 2.60. The summed E-state index contributed by atoms with van der Waals surface area (Å²) in [5.74, 6) is 0.741. The Bertz CT molecular complexity index is 581. The largest absolute Gasteiger partial charge is 0.482 e. The van der Waals surface area contributed by atoms with Gasteiger partial charge >= 0.3 is 0 Å². The first-order valence-electron chi connectivity index (χ1n) is 8.44. The summed E-state index contributed by atoms with van der Waals surface area (Å²) < 4.78 is 5.43. The third-order valence-electron chi connectivity index (χ3n) is 4.87. The van der Waals surface area contributed by atoms with Crippen molar-refractivity contribution in [2.24, 2.45) is 0 Å². The molecule has 0 atom stereocenters. The van der Waals surface area contributed by atoms with Crippen LogP contribution in [0.25, 0.3) is 0 Å². The molecule has 0 aromatic heterocycles. The standard InChI is InChI=1S/C18H24N2O3/c1-19(14-7-3-2-4-8-14)17(21)11-12-20-15-9-5-6-10-16(15)23-13-18(20)22/h5-6,9-10,14H,2-4,7-8,11-13H2,1H3. The van der Waals surface area contributed by atoms with Gasteiger partial charge in [0.15, 0.2) is 6.61 Å². The van der Waals surface area contributed by atoms with Crippen LogP contribution in [0.4, 0.5) is 5.69 Å². The summed E-state index contributed by atoms with van der Waals surface area (Å²) in [5.41, 5.74) is 0.761. The van der Waals surface area contributed by atoms with Crippen LogP contribution in [0.15, 0.2) is 24.3 Å². The SMILES string of the molecule is CN(C(=O)CCN1C(=O)COc2ccccc21)C1CCCCC1. The highest BCUT2D eigenvalue weighted by atomic mass is 16.5. The van der Waals surface area contributed by atoms with Crippen LogP contribution in [-0.2, 0) is 9.59 Å². The quantitative estimate of drug-likeness (QED) is 0.858. The minimum Gasteiger partial charge on any atom is -0.482 e. The molecule has 0 N–H and O–H groups in total. The van der Waals surface area contributed by atoms with Gasteiger partial charge in [-0.2, -0.15) is 0 Å². The Balaban J connectivity index is 1.61. The summed E-state index contributed by atoms with van der Waals surface area (Å²) in [4.78, 5) is 28.1. The van der Waals surface area contributed by atoms with Crippen LogP contribution >= 0.6 is 0 Å². The predicted molar refractivity (Wildman–Crippen MR) is 88.6 cm³/mol. The number of amides is 2. The summed E-state index contributed by atoms with van der Waals surface area (Å²) >= 11 is 0. The van der Waals surface area contributed by atoms with E-state index in [4.69, 9.17) is 4.74 Å². The molecule has 0 spiro atoms. The second-order valence-electron chi connectivity index (χ2n) is 6.35. The highest BCUT2D eigenvalue weighted by Crippen LogP contribution is 2.31.